The minimum Gasteiger partial charge on any atom is -0.493 e. The smallest absolute Gasteiger partial charge is 0.161 e. The molecule has 0 saturated heterocycles. The molecule has 0 saturated carbocycles. The number of methoxy groups -OCH3 is 1. The summed E-state index contributed by atoms with van der Waals surface area (Å²) in [7, 11) is 5.44. The number of aryl methyl sites for hydroxylation is 2. The van der Waals surface area contributed by atoms with Crippen molar-refractivity contribution in [2.24, 2.45) is 7.05 Å². The molecule has 0 radical (unpaired) electrons. The van der Waals surface area contributed by atoms with Crippen LogP contribution in [0, 0.1) is 6.92 Å². The van der Waals surface area contributed by atoms with Gasteiger partial charge in [0.05, 0.1) is 29.9 Å². The molecule has 0 aliphatic rings. The number of nitrogens with zero attached hydrogens (tertiary/aromatic N) is 4. The van der Waals surface area contributed by atoms with Gasteiger partial charge in [-0.3, -0.25) is 4.68 Å². The van der Waals surface area contributed by atoms with Gasteiger partial charge in [-0.1, -0.05) is 4.49 Å². The minimum absolute atomic E-state index is 0.00236. The summed E-state index contributed by atoms with van der Waals surface area (Å²) in [5.41, 5.74) is 1.90. The molecule has 0 bridgehead atoms. The predicted octanol–water partition coefficient (Wildman–Crippen LogP) is 0.897. The molecule has 92 valence electrons. The van der Waals surface area contributed by atoms with Crippen molar-refractivity contribution in [1.82, 2.24) is 24.7 Å². The van der Waals surface area contributed by atoms with Crippen molar-refractivity contribution in [2.45, 2.75) is 13.0 Å². The summed E-state index contributed by atoms with van der Waals surface area (Å²) in [5.74, 6) is 0.764. The normalized spacial score (nSPS) is 12.7. The Morgan fingerprint density at radius 2 is 2.29 bits per heavy atom. The molecule has 2 heterocycles. The maximum Gasteiger partial charge on any atom is 0.161 e. The lowest BCUT2D eigenvalue weighted by atomic mass is 10.1. The van der Waals surface area contributed by atoms with Gasteiger partial charge in [0.1, 0.15) is 5.69 Å². The molecule has 1 unspecified atom stereocenters. The van der Waals surface area contributed by atoms with Crippen LogP contribution >= 0.6 is 11.5 Å². The van der Waals surface area contributed by atoms with E-state index in [0.29, 0.717) is 0 Å². The summed E-state index contributed by atoms with van der Waals surface area (Å²) in [6.07, 6.45) is 1.71. The van der Waals surface area contributed by atoms with Crippen LogP contribution in [0.2, 0.25) is 0 Å². The fourth-order valence-corrected chi connectivity index (χ4v) is 2.57. The fourth-order valence-electron chi connectivity index (χ4n) is 1.81. The van der Waals surface area contributed by atoms with E-state index in [0.717, 1.165) is 22.0 Å². The highest BCUT2D eigenvalue weighted by Gasteiger charge is 2.24. The number of nitrogens with one attached hydrogen (secondary N) is 1. The van der Waals surface area contributed by atoms with E-state index in [1.165, 1.54) is 11.5 Å². The van der Waals surface area contributed by atoms with Gasteiger partial charge in [-0.2, -0.15) is 5.10 Å². The van der Waals surface area contributed by atoms with Crippen molar-refractivity contribution in [3.63, 3.8) is 0 Å². The second-order valence-electron chi connectivity index (χ2n) is 3.67. The Labute approximate surface area is 104 Å². The Balaban J connectivity index is 2.49. The molecule has 17 heavy (non-hydrogen) atoms. The summed E-state index contributed by atoms with van der Waals surface area (Å²) in [6, 6.07) is -0.00236. The van der Waals surface area contributed by atoms with Gasteiger partial charge >= 0.3 is 0 Å². The third-order valence-electron chi connectivity index (χ3n) is 2.68. The van der Waals surface area contributed by atoms with Crippen LogP contribution in [0.1, 0.15) is 22.3 Å². The molecule has 0 aromatic carbocycles. The van der Waals surface area contributed by atoms with Gasteiger partial charge in [-0.05, 0) is 25.5 Å². The molecular weight excluding hydrogens is 238 g/mol. The predicted molar refractivity (Wildman–Crippen MR) is 65.3 cm³/mol. The fraction of sp³-hybridized carbons (Fsp3) is 0.500. The number of hydrogen-bond acceptors (Lipinski definition) is 6. The van der Waals surface area contributed by atoms with E-state index in [-0.39, 0.29) is 6.04 Å². The van der Waals surface area contributed by atoms with E-state index in [9.17, 15) is 0 Å². The number of rotatable bonds is 4. The van der Waals surface area contributed by atoms with Gasteiger partial charge in [-0.15, -0.1) is 5.10 Å². The van der Waals surface area contributed by atoms with Crippen LogP contribution in [-0.4, -0.2) is 33.5 Å². The maximum absolute atomic E-state index is 5.33. The lowest BCUT2D eigenvalue weighted by molar-refractivity contribution is 0.403. The van der Waals surface area contributed by atoms with Gasteiger partial charge in [0.25, 0.3) is 0 Å². The van der Waals surface area contributed by atoms with Crippen LogP contribution in [0.25, 0.3) is 0 Å². The Morgan fingerprint density at radius 1 is 1.53 bits per heavy atom. The van der Waals surface area contributed by atoms with Gasteiger partial charge in [0, 0.05) is 7.05 Å². The van der Waals surface area contributed by atoms with Crippen molar-refractivity contribution < 1.29 is 4.74 Å². The average molecular weight is 253 g/mol. The van der Waals surface area contributed by atoms with Crippen LogP contribution in [0.3, 0.4) is 0 Å². The zero-order valence-corrected chi connectivity index (χ0v) is 11.1. The minimum atomic E-state index is -0.00236. The van der Waals surface area contributed by atoms with Crippen molar-refractivity contribution >= 4 is 11.5 Å². The molecule has 7 heteroatoms. The molecule has 2 aromatic rings. The van der Waals surface area contributed by atoms with Crippen LogP contribution in [-0.2, 0) is 7.05 Å². The first-order chi connectivity index (χ1) is 8.19. The molecular formula is C10H15N5OS. The summed E-state index contributed by atoms with van der Waals surface area (Å²) in [6.45, 7) is 1.95. The van der Waals surface area contributed by atoms with E-state index >= 15 is 0 Å². The zero-order chi connectivity index (χ0) is 12.4. The first kappa shape index (κ1) is 12.0. The SMILES string of the molecule is CNC(c1snnc1C)c1c(OC)cnn1C. The van der Waals surface area contributed by atoms with Crippen LogP contribution in [0.4, 0.5) is 0 Å². The Kier molecular flexibility index (Phi) is 3.39. The van der Waals surface area contributed by atoms with E-state index in [1.807, 2.05) is 21.0 Å². The standard InChI is InChI=1S/C10H15N5OS/c1-6-10(17-14-13-6)8(11-2)9-7(16-4)5-12-15(9)3/h5,8,11H,1-4H3. The molecule has 6 nitrogen and oxygen atoms in total. The summed E-state index contributed by atoms with van der Waals surface area (Å²) in [5, 5.41) is 11.5. The zero-order valence-electron chi connectivity index (χ0n) is 10.3. The molecule has 0 aliphatic heterocycles. The average Bonchev–Trinajstić information content (AvgIpc) is 2.89. The second kappa shape index (κ2) is 4.80. The maximum atomic E-state index is 5.33. The van der Waals surface area contributed by atoms with Gasteiger partial charge < -0.3 is 10.1 Å². The van der Waals surface area contributed by atoms with Crippen molar-refractivity contribution in [3.8, 4) is 5.75 Å². The number of aromatic nitrogens is 4. The van der Waals surface area contributed by atoms with Crippen LogP contribution < -0.4 is 10.1 Å². The quantitative estimate of drug-likeness (QED) is 0.877. The largest absolute Gasteiger partial charge is 0.493 e. The Hall–Kier alpha value is -1.47. The summed E-state index contributed by atoms with van der Waals surface area (Å²) in [4.78, 5) is 1.08. The number of ether oxygens (including phenoxy) is 1. The van der Waals surface area contributed by atoms with Crippen molar-refractivity contribution in [3.05, 3.63) is 22.5 Å². The molecule has 0 aliphatic carbocycles. The molecule has 1 N–H and O–H groups in total. The van der Waals surface area contributed by atoms with Crippen LogP contribution in [0.5, 0.6) is 5.75 Å². The molecule has 0 amide bonds. The van der Waals surface area contributed by atoms with Gasteiger partial charge in [0.2, 0.25) is 0 Å². The van der Waals surface area contributed by atoms with E-state index in [2.05, 4.69) is 20.0 Å². The molecule has 2 aromatic heterocycles. The van der Waals surface area contributed by atoms with E-state index in [4.69, 9.17) is 4.74 Å². The van der Waals surface area contributed by atoms with Crippen molar-refractivity contribution in [1.29, 1.82) is 0 Å². The lowest BCUT2D eigenvalue weighted by Gasteiger charge is -2.16. The number of hydrogen-bond donors (Lipinski definition) is 1. The van der Waals surface area contributed by atoms with Crippen molar-refractivity contribution in [2.75, 3.05) is 14.2 Å². The molecule has 0 fully saturated rings. The highest BCUT2D eigenvalue weighted by molar-refractivity contribution is 7.05. The third-order valence-corrected chi connectivity index (χ3v) is 3.57. The van der Waals surface area contributed by atoms with Gasteiger partial charge in [-0.25, -0.2) is 0 Å². The molecule has 0 spiro atoms. The lowest BCUT2D eigenvalue weighted by Crippen LogP contribution is -2.21. The third kappa shape index (κ3) is 2.03. The Morgan fingerprint density at radius 3 is 2.82 bits per heavy atom. The molecule has 1 atom stereocenters. The van der Waals surface area contributed by atoms with E-state index in [1.54, 1.807) is 18.0 Å². The summed E-state index contributed by atoms with van der Waals surface area (Å²) < 4.78 is 11.1. The topological polar surface area (TPSA) is 64.9 Å². The first-order valence-electron chi connectivity index (χ1n) is 5.21. The molecule has 2 rings (SSSR count). The highest BCUT2D eigenvalue weighted by Crippen LogP contribution is 2.31. The first-order valence-corrected chi connectivity index (χ1v) is 5.98. The van der Waals surface area contributed by atoms with Gasteiger partial charge in [0.15, 0.2) is 5.75 Å². The highest BCUT2D eigenvalue weighted by atomic mass is 32.1. The van der Waals surface area contributed by atoms with Crippen LogP contribution in [0.15, 0.2) is 6.20 Å². The van der Waals surface area contributed by atoms with E-state index < -0.39 is 0 Å². The monoisotopic (exact) mass is 253 g/mol. The Bertz CT molecular complexity index is 507. The second-order valence-corrected chi connectivity index (χ2v) is 4.45. The summed E-state index contributed by atoms with van der Waals surface area (Å²) >= 11 is 1.39.